The molecule has 1 rings (SSSR count). The Morgan fingerprint density at radius 3 is 2.74 bits per heavy atom. The molecule has 0 aliphatic heterocycles. The van der Waals surface area contributed by atoms with E-state index in [4.69, 9.17) is 11.6 Å². The average molecular weight is 286 g/mol. The summed E-state index contributed by atoms with van der Waals surface area (Å²) in [6, 6.07) is 4.55. The standard InChI is InChI=1S/C12H16ClN3O3/c1-8(2)15-12(17)7-14-6-9-10(13)4-3-5-11(9)16(18)19/h3-5,8,14H,6-7H2,1-2H3,(H,15,17). The smallest absolute Gasteiger partial charge is 0.275 e. The fourth-order valence-electron chi connectivity index (χ4n) is 1.57. The molecule has 0 aromatic heterocycles. The molecule has 0 atom stereocenters. The number of carbonyl (C=O) groups excluding carboxylic acids is 1. The highest BCUT2D eigenvalue weighted by Gasteiger charge is 2.16. The van der Waals surface area contributed by atoms with Crippen molar-refractivity contribution in [1.82, 2.24) is 10.6 Å². The van der Waals surface area contributed by atoms with Crippen molar-refractivity contribution >= 4 is 23.2 Å². The van der Waals surface area contributed by atoms with Gasteiger partial charge in [-0.3, -0.25) is 14.9 Å². The molecule has 0 heterocycles. The molecule has 0 spiro atoms. The molecule has 19 heavy (non-hydrogen) atoms. The van der Waals surface area contributed by atoms with E-state index in [9.17, 15) is 14.9 Å². The first-order valence-electron chi connectivity index (χ1n) is 5.83. The Hall–Kier alpha value is -1.66. The molecule has 0 aliphatic carbocycles. The molecule has 7 heteroatoms. The minimum atomic E-state index is -0.489. The van der Waals surface area contributed by atoms with Crippen molar-refractivity contribution in [2.24, 2.45) is 0 Å². The van der Waals surface area contributed by atoms with Gasteiger partial charge in [0, 0.05) is 18.7 Å². The van der Waals surface area contributed by atoms with Crippen LogP contribution < -0.4 is 10.6 Å². The molecular formula is C12H16ClN3O3. The van der Waals surface area contributed by atoms with E-state index < -0.39 is 4.92 Å². The van der Waals surface area contributed by atoms with Crippen molar-refractivity contribution in [3.8, 4) is 0 Å². The number of halogens is 1. The monoisotopic (exact) mass is 285 g/mol. The van der Waals surface area contributed by atoms with E-state index in [0.717, 1.165) is 0 Å². The molecule has 104 valence electrons. The van der Waals surface area contributed by atoms with Gasteiger partial charge in [0.2, 0.25) is 5.91 Å². The van der Waals surface area contributed by atoms with Gasteiger partial charge in [-0.25, -0.2) is 0 Å². The highest BCUT2D eigenvalue weighted by molar-refractivity contribution is 6.31. The molecule has 1 amide bonds. The highest BCUT2D eigenvalue weighted by atomic mass is 35.5. The number of rotatable bonds is 6. The van der Waals surface area contributed by atoms with Gasteiger partial charge >= 0.3 is 0 Å². The van der Waals surface area contributed by atoms with Gasteiger partial charge in [-0.15, -0.1) is 0 Å². The second-order valence-corrected chi connectivity index (χ2v) is 4.73. The van der Waals surface area contributed by atoms with Crippen LogP contribution in [0.15, 0.2) is 18.2 Å². The highest BCUT2D eigenvalue weighted by Crippen LogP contribution is 2.25. The SMILES string of the molecule is CC(C)NC(=O)CNCc1c(Cl)cccc1[N+](=O)[O-]. The van der Waals surface area contributed by atoms with Crippen molar-refractivity contribution in [2.75, 3.05) is 6.54 Å². The van der Waals surface area contributed by atoms with Crippen molar-refractivity contribution in [3.05, 3.63) is 38.9 Å². The van der Waals surface area contributed by atoms with Gasteiger partial charge in [0.05, 0.1) is 22.1 Å². The minimum Gasteiger partial charge on any atom is -0.353 e. The third-order valence-electron chi connectivity index (χ3n) is 2.33. The summed E-state index contributed by atoms with van der Waals surface area (Å²) in [5.41, 5.74) is 0.329. The van der Waals surface area contributed by atoms with Crippen LogP contribution in [0.25, 0.3) is 0 Å². The second-order valence-electron chi connectivity index (χ2n) is 4.32. The normalized spacial score (nSPS) is 10.5. The van der Waals surface area contributed by atoms with Gasteiger partial charge in [0.1, 0.15) is 0 Å². The second kappa shape index (κ2) is 7.06. The summed E-state index contributed by atoms with van der Waals surface area (Å²) in [6.45, 7) is 3.97. The van der Waals surface area contributed by atoms with Gasteiger partial charge < -0.3 is 10.6 Å². The molecule has 6 nitrogen and oxygen atoms in total. The number of nitrogens with one attached hydrogen (secondary N) is 2. The van der Waals surface area contributed by atoms with Crippen LogP contribution in [0.5, 0.6) is 0 Å². The lowest BCUT2D eigenvalue weighted by Gasteiger charge is -2.10. The van der Waals surface area contributed by atoms with Gasteiger partial charge in [0.25, 0.3) is 5.69 Å². The molecule has 1 aromatic rings. The van der Waals surface area contributed by atoms with E-state index in [1.165, 1.54) is 12.1 Å². The number of hydrogen-bond acceptors (Lipinski definition) is 4. The Bertz CT molecular complexity index is 477. The van der Waals surface area contributed by atoms with Crippen LogP contribution in [0.1, 0.15) is 19.4 Å². The number of carbonyl (C=O) groups is 1. The van der Waals surface area contributed by atoms with Crippen LogP contribution in [-0.2, 0) is 11.3 Å². The summed E-state index contributed by atoms with van der Waals surface area (Å²) in [5.74, 6) is -0.162. The van der Waals surface area contributed by atoms with Crippen LogP contribution >= 0.6 is 11.6 Å². The number of hydrogen-bond donors (Lipinski definition) is 2. The van der Waals surface area contributed by atoms with Crippen LogP contribution in [0, 0.1) is 10.1 Å². The van der Waals surface area contributed by atoms with Gasteiger partial charge in [0.15, 0.2) is 0 Å². The fraction of sp³-hybridized carbons (Fsp3) is 0.417. The van der Waals surface area contributed by atoms with Crippen molar-refractivity contribution < 1.29 is 9.72 Å². The van der Waals surface area contributed by atoms with Crippen molar-refractivity contribution in [3.63, 3.8) is 0 Å². The summed E-state index contributed by atoms with van der Waals surface area (Å²) in [7, 11) is 0. The average Bonchev–Trinajstić information content (AvgIpc) is 2.29. The molecule has 0 fully saturated rings. The van der Waals surface area contributed by atoms with Gasteiger partial charge in [-0.1, -0.05) is 17.7 Å². The van der Waals surface area contributed by atoms with E-state index in [1.54, 1.807) is 6.07 Å². The Morgan fingerprint density at radius 2 is 2.16 bits per heavy atom. The Kier molecular flexibility index (Phi) is 5.72. The quantitative estimate of drug-likeness (QED) is 0.617. The molecule has 0 aliphatic rings. The zero-order chi connectivity index (χ0) is 14.4. The summed E-state index contributed by atoms with van der Waals surface area (Å²) in [6.07, 6.45) is 0. The molecule has 2 N–H and O–H groups in total. The van der Waals surface area contributed by atoms with Crippen LogP contribution in [0.4, 0.5) is 5.69 Å². The number of nitro groups is 1. The minimum absolute atomic E-state index is 0.0516. The molecule has 0 bridgehead atoms. The first-order chi connectivity index (χ1) is 8.91. The maximum atomic E-state index is 11.4. The number of benzene rings is 1. The Balaban J connectivity index is 2.63. The summed E-state index contributed by atoms with van der Waals surface area (Å²) < 4.78 is 0. The van der Waals surface area contributed by atoms with Crippen LogP contribution in [0.3, 0.4) is 0 Å². The maximum absolute atomic E-state index is 11.4. The molecule has 1 aromatic carbocycles. The molecule has 0 radical (unpaired) electrons. The van der Waals surface area contributed by atoms with Crippen LogP contribution in [-0.4, -0.2) is 23.4 Å². The van der Waals surface area contributed by atoms with E-state index in [2.05, 4.69) is 10.6 Å². The molecule has 0 saturated carbocycles. The predicted octanol–water partition coefficient (Wildman–Crippen LogP) is 1.86. The molecule has 0 unspecified atom stereocenters. The summed E-state index contributed by atoms with van der Waals surface area (Å²) in [5, 5.41) is 16.7. The summed E-state index contributed by atoms with van der Waals surface area (Å²) >= 11 is 5.93. The molecular weight excluding hydrogens is 270 g/mol. The first kappa shape index (κ1) is 15.4. The maximum Gasteiger partial charge on any atom is 0.275 e. The Labute approximate surface area is 116 Å². The topological polar surface area (TPSA) is 84.3 Å². The number of amides is 1. The summed E-state index contributed by atoms with van der Waals surface area (Å²) in [4.78, 5) is 21.8. The number of nitro benzene ring substituents is 1. The third-order valence-corrected chi connectivity index (χ3v) is 2.68. The lowest BCUT2D eigenvalue weighted by molar-refractivity contribution is -0.385. The number of nitrogens with zero attached hydrogens (tertiary/aromatic N) is 1. The third kappa shape index (κ3) is 4.84. The predicted molar refractivity (Wildman–Crippen MR) is 73.1 cm³/mol. The fourth-order valence-corrected chi connectivity index (χ4v) is 1.80. The van der Waals surface area contributed by atoms with E-state index >= 15 is 0 Å². The van der Waals surface area contributed by atoms with E-state index in [-0.39, 0.29) is 30.7 Å². The first-order valence-corrected chi connectivity index (χ1v) is 6.21. The van der Waals surface area contributed by atoms with Crippen LogP contribution in [0.2, 0.25) is 5.02 Å². The largest absolute Gasteiger partial charge is 0.353 e. The van der Waals surface area contributed by atoms with Crippen molar-refractivity contribution in [2.45, 2.75) is 26.4 Å². The van der Waals surface area contributed by atoms with Gasteiger partial charge in [-0.05, 0) is 19.9 Å². The van der Waals surface area contributed by atoms with E-state index in [1.807, 2.05) is 13.8 Å². The lowest BCUT2D eigenvalue weighted by atomic mass is 10.2. The lowest BCUT2D eigenvalue weighted by Crippen LogP contribution is -2.37. The zero-order valence-electron chi connectivity index (χ0n) is 10.8. The zero-order valence-corrected chi connectivity index (χ0v) is 11.5. The van der Waals surface area contributed by atoms with E-state index in [0.29, 0.717) is 10.6 Å². The van der Waals surface area contributed by atoms with Gasteiger partial charge in [-0.2, -0.15) is 0 Å². The molecule has 0 saturated heterocycles. The van der Waals surface area contributed by atoms with Crippen molar-refractivity contribution in [1.29, 1.82) is 0 Å². The Morgan fingerprint density at radius 1 is 1.47 bits per heavy atom.